The van der Waals surface area contributed by atoms with Crippen molar-refractivity contribution in [2.45, 2.75) is 59.0 Å². The molecular formula is C28H36N8O2. The molecule has 0 unspecified atom stereocenters. The molecule has 1 saturated carbocycles. The predicted octanol–water partition coefficient (Wildman–Crippen LogP) is 4.96. The summed E-state index contributed by atoms with van der Waals surface area (Å²) in [6.07, 6.45) is 4.66. The highest BCUT2D eigenvalue weighted by atomic mass is 16.5. The van der Waals surface area contributed by atoms with E-state index in [2.05, 4.69) is 63.2 Å². The maximum absolute atomic E-state index is 12.6. The second-order valence-corrected chi connectivity index (χ2v) is 11.2. The molecule has 0 saturated heterocycles. The van der Waals surface area contributed by atoms with Gasteiger partial charge in [0.1, 0.15) is 5.75 Å². The average Bonchev–Trinajstić information content (AvgIpc) is 3.54. The van der Waals surface area contributed by atoms with Crippen molar-refractivity contribution in [2.75, 3.05) is 17.3 Å². The number of imidazole rings is 1. The van der Waals surface area contributed by atoms with E-state index in [9.17, 15) is 4.79 Å². The van der Waals surface area contributed by atoms with E-state index in [4.69, 9.17) is 9.72 Å². The highest BCUT2D eigenvalue weighted by Gasteiger charge is 2.33. The Labute approximate surface area is 222 Å². The number of nitrogens with one attached hydrogen (secondary N) is 2. The number of aromatic nitrogens is 6. The summed E-state index contributed by atoms with van der Waals surface area (Å²) < 4.78 is 7.63. The standard InChI is InChI=1S/C28H36N8O2/c1-28(2,3)20-10-12-21(13-11-20)36(27-29-23-15-14-22(38-5)16-24(23)35(27)4)17-18-6-8-19(9-7-18)25(37)30-26-31-33-34-32-26/h6-9,14-16,20-21H,10-13,17H2,1-5H3,(H2,30,31,32,33,34,37). The molecule has 1 aliphatic rings. The Morgan fingerprint density at radius 3 is 2.50 bits per heavy atom. The molecular weight excluding hydrogens is 480 g/mol. The van der Waals surface area contributed by atoms with Gasteiger partial charge in [0.05, 0.1) is 18.1 Å². The van der Waals surface area contributed by atoms with Crippen molar-refractivity contribution in [3.8, 4) is 5.75 Å². The zero-order valence-corrected chi connectivity index (χ0v) is 22.7. The minimum atomic E-state index is -0.278. The number of anilines is 2. The molecule has 1 fully saturated rings. The van der Waals surface area contributed by atoms with Crippen LogP contribution >= 0.6 is 0 Å². The molecule has 0 atom stereocenters. The maximum atomic E-state index is 12.6. The lowest BCUT2D eigenvalue weighted by atomic mass is 9.71. The second-order valence-electron chi connectivity index (χ2n) is 11.2. The van der Waals surface area contributed by atoms with Crippen LogP contribution in [0.2, 0.25) is 0 Å². The van der Waals surface area contributed by atoms with Crippen molar-refractivity contribution in [2.24, 2.45) is 18.4 Å². The number of aryl methyl sites for hydroxylation is 1. The minimum Gasteiger partial charge on any atom is -0.497 e. The van der Waals surface area contributed by atoms with E-state index >= 15 is 0 Å². The number of H-pyrrole nitrogens is 1. The third kappa shape index (κ3) is 5.34. The van der Waals surface area contributed by atoms with E-state index in [1.807, 2.05) is 42.5 Å². The van der Waals surface area contributed by atoms with Crippen LogP contribution in [0.1, 0.15) is 62.4 Å². The predicted molar refractivity (Wildman–Crippen MR) is 147 cm³/mol. The van der Waals surface area contributed by atoms with Crippen LogP contribution in [0.15, 0.2) is 42.5 Å². The summed E-state index contributed by atoms with van der Waals surface area (Å²) in [7, 11) is 3.76. The number of carbonyl (C=O) groups is 1. The summed E-state index contributed by atoms with van der Waals surface area (Å²) in [4.78, 5) is 20.1. The topological polar surface area (TPSA) is 114 Å². The van der Waals surface area contributed by atoms with Gasteiger partial charge in [-0.1, -0.05) is 38.0 Å². The Kier molecular flexibility index (Phi) is 7.05. The van der Waals surface area contributed by atoms with Crippen LogP contribution in [0.3, 0.4) is 0 Å². The molecule has 10 heteroatoms. The van der Waals surface area contributed by atoms with E-state index in [-0.39, 0.29) is 11.9 Å². The van der Waals surface area contributed by atoms with Gasteiger partial charge in [0.25, 0.3) is 11.9 Å². The number of ether oxygens (including phenoxy) is 1. The molecule has 2 N–H and O–H groups in total. The largest absolute Gasteiger partial charge is 0.497 e. The molecule has 2 aromatic heterocycles. The highest BCUT2D eigenvalue weighted by molar-refractivity contribution is 6.03. The first-order chi connectivity index (χ1) is 18.2. The molecule has 5 rings (SSSR count). The summed E-state index contributed by atoms with van der Waals surface area (Å²) in [6, 6.07) is 14.1. The Morgan fingerprint density at radius 2 is 1.87 bits per heavy atom. The second kappa shape index (κ2) is 10.4. The Morgan fingerprint density at radius 1 is 1.13 bits per heavy atom. The van der Waals surface area contributed by atoms with Gasteiger partial charge in [-0.3, -0.25) is 10.1 Å². The number of hydrogen-bond donors (Lipinski definition) is 2. The van der Waals surface area contributed by atoms with Crippen LogP contribution in [0.4, 0.5) is 11.9 Å². The number of rotatable bonds is 7. The summed E-state index contributed by atoms with van der Waals surface area (Å²) in [5.41, 5.74) is 3.96. The first kappa shape index (κ1) is 25.7. The molecule has 4 aromatic rings. The van der Waals surface area contributed by atoms with Gasteiger partial charge >= 0.3 is 0 Å². The molecule has 0 spiro atoms. The van der Waals surface area contributed by atoms with Crippen molar-refractivity contribution in [1.29, 1.82) is 0 Å². The normalized spacial score (nSPS) is 17.9. The smallest absolute Gasteiger partial charge is 0.270 e. The van der Waals surface area contributed by atoms with Gasteiger partial charge in [0.15, 0.2) is 0 Å². The molecule has 0 bridgehead atoms. The third-order valence-corrected chi connectivity index (χ3v) is 7.82. The molecule has 0 radical (unpaired) electrons. The number of aromatic amines is 1. The van der Waals surface area contributed by atoms with Crippen molar-refractivity contribution in [3.05, 3.63) is 53.6 Å². The summed E-state index contributed by atoms with van der Waals surface area (Å²) in [5.74, 6) is 2.36. The van der Waals surface area contributed by atoms with E-state index in [1.54, 1.807) is 7.11 Å². The third-order valence-electron chi connectivity index (χ3n) is 7.82. The Balaban J connectivity index is 1.41. The van der Waals surface area contributed by atoms with Gasteiger partial charge in [0.2, 0.25) is 5.95 Å². The molecule has 200 valence electrons. The molecule has 2 aromatic carbocycles. The van der Waals surface area contributed by atoms with Crippen LogP contribution < -0.4 is 15.0 Å². The lowest BCUT2D eigenvalue weighted by molar-refractivity contribution is 0.102. The van der Waals surface area contributed by atoms with E-state index in [0.29, 0.717) is 23.6 Å². The molecule has 38 heavy (non-hydrogen) atoms. The lowest BCUT2D eigenvalue weighted by Crippen LogP contribution is -2.41. The minimum absolute atomic E-state index is 0.148. The van der Waals surface area contributed by atoms with Crippen LogP contribution in [-0.4, -0.2) is 49.2 Å². The van der Waals surface area contributed by atoms with Gasteiger partial charge in [-0.05, 0) is 72.1 Å². The average molecular weight is 517 g/mol. The van der Waals surface area contributed by atoms with Gasteiger partial charge in [-0.2, -0.15) is 5.21 Å². The van der Waals surface area contributed by atoms with E-state index in [1.165, 1.54) is 12.8 Å². The van der Waals surface area contributed by atoms with Crippen LogP contribution in [0.5, 0.6) is 5.75 Å². The monoisotopic (exact) mass is 516 g/mol. The molecule has 1 amide bonds. The van der Waals surface area contributed by atoms with Gasteiger partial charge < -0.3 is 14.2 Å². The van der Waals surface area contributed by atoms with Gasteiger partial charge in [0, 0.05) is 31.3 Å². The van der Waals surface area contributed by atoms with E-state index in [0.717, 1.165) is 47.1 Å². The highest BCUT2D eigenvalue weighted by Crippen LogP contribution is 2.40. The molecule has 10 nitrogen and oxygen atoms in total. The number of amides is 1. The molecule has 2 heterocycles. The fourth-order valence-corrected chi connectivity index (χ4v) is 5.50. The van der Waals surface area contributed by atoms with Crippen molar-refractivity contribution < 1.29 is 9.53 Å². The summed E-state index contributed by atoms with van der Waals surface area (Å²) >= 11 is 0. The SMILES string of the molecule is COc1ccc2nc(N(Cc3ccc(C(=O)Nc4nn[nH]n4)cc3)C3CCC(C(C)(C)C)CC3)n(C)c2c1. The lowest BCUT2D eigenvalue weighted by Gasteiger charge is -2.41. The maximum Gasteiger partial charge on any atom is 0.270 e. The Hall–Kier alpha value is -3.95. The quantitative estimate of drug-likeness (QED) is 0.357. The number of hydrogen-bond acceptors (Lipinski definition) is 7. The Bertz CT molecular complexity index is 1380. The number of tetrazole rings is 1. The number of methoxy groups -OCH3 is 1. The van der Waals surface area contributed by atoms with Gasteiger partial charge in [-0.25, -0.2) is 4.98 Å². The zero-order valence-electron chi connectivity index (χ0n) is 22.7. The fourth-order valence-electron chi connectivity index (χ4n) is 5.50. The van der Waals surface area contributed by atoms with Crippen molar-refractivity contribution in [3.63, 3.8) is 0 Å². The number of fused-ring (bicyclic) bond motifs is 1. The summed E-state index contributed by atoms with van der Waals surface area (Å²) in [5, 5.41) is 16.0. The van der Waals surface area contributed by atoms with Crippen LogP contribution in [-0.2, 0) is 13.6 Å². The zero-order chi connectivity index (χ0) is 26.9. The van der Waals surface area contributed by atoms with Crippen molar-refractivity contribution >= 4 is 28.8 Å². The number of carbonyl (C=O) groups excluding carboxylic acids is 1. The van der Waals surface area contributed by atoms with Crippen molar-refractivity contribution in [1.82, 2.24) is 30.2 Å². The first-order valence-electron chi connectivity index (χ1n) is 13.1. The molecule has 1 aliphatic carbocycles. The van der Waals surface area contributed by atoms with Gasteiger partial charge in [-0.15, -0.1) is 5.10 Å². The first-order valence-corrected chi connectivity index (χ1v) is 13.1. The number of nitrogens with zero attached hydrogens (tertiary/aromatic N) is 6. The van der Waals surface area contributed by atoms with Crippen LogP contribution in [0, 0.1) is 11.3 Å². The fraction of sp³-hybridized carbons (Fsp3) is 0.464. The summed E-state index contributed by atoms with van der Waals surface area (Å²) in [6.45, 7) is 7.76. The number of benzene rings is 2. The van der Waals surface area contributed by atoms with Crippen LogP contribution in [0.25, 0.3) is 11.0 Å². The molecule has 0 aliphatic heterocycles. The van der Waals surface area contributed by atoms with E-state index < -0.39 is 0 Å².